The molecule has 18 heavy (non-hydrogen) atoms. The van der Waals surface area contributed by atoms with Gasteiger partial charge in [0.25, 0.3) is 0 Å². The highest BCUT2D eigenvalue weighted by atomic mass is 16.3. The Bertz CT molecular complexity index is 407. The van der Waals surface area contributed by atoms with E-state index in [-0.39, 0.29) is 0 Å². The van der Waals surface area contributed by atoms with Crippen LogP contribution in [0.25, 0.3) is 0 Å². The zero-order valence-electron chi connectivity index (χ0n) is 11.5. The molecule has 1 aromatic rings. The van der Waals surface area contributed by atoms with Crippen LogP contribution in [0.3, 0.4) is 0 Å². The molecule has 0 radical (unpaired) electrons. The molecule has 0 atom stereocenters. The highest BCUT2D eigenvalue weighted by Gasteiger charge is 2.36. The molecule has 0 spiro atoms. The van der Waals surface area contributed by atoms with E-state index in [4.69, 9.17) is 0 Å². The topological polar surface area (TPSA) is 58.0 Å². The van der Waals surface area contributed by atoms with Gasteiger partial charge in [-0.15, -0.1) is 5.10 Å². The zero-order valence-corrected chi connectivity index (χ0v) is 11.5. The van der Waals surface area contributed by atoms with Gasteiger partial charge in [0.2, 0.25) is 0 Å². The first-order valence-electron chi connectivity index (χ1n) is 6.64. The second kappa shape index (κ2) is 4.84. The number of aliphatic hydroxyl groups is 1. The molecule has 0 aliphatic heterocycles. The van der Waals surface area contributed by atoms with Gasteiger partial charge in [-0.1, -0.05) is 13.8 Å². The first-order valence-corrected chi connectivity index (χ1v) is 6.64. The quantitative estimate of drug-likeness (QED) is 0.864. The normalized spacial score (nSPS) is 21.6. The van der Waals surface area contributed by atoms with E-state index in [2.05, 4.69) is 29.4 Å². The summed E-state index contributed by atoms with van der Waals surface area (Å²) in [7, 11) is 0. The summed E-state index contributed by atoms with van der Waals surface area (Å²) in [5.74, 6) is 0.744. The van der Waals surface area contributed by atoms with Crippen molar-refractivity contribution in [1.29, 1.82) is 0 Å². The molecule has 0 amide bonds. The zero-order chi connectivity index (χ0) is 13.2. The van der Waals surface area contributed by atoms with Crippen LogP contribution in [-0.2, 0) is 0 Å². The minimum atomic E-state index is -0.596. The van der Waals surface area contributed by atoms with Crippen molar-refractivity contribution in [3.8, 4) is 0 Å². The average molecular weight is 249 g/mol. The molecule has 1 fully saturated rings. The molecule has 0 aromatic carbocycles. The Morgan fingerprint density at radius 1 is 1.28 bits per heavy atom. The minimum absolute atomic E-state index is 0.370. The lowest BCUT2D eigenvalue weighted by Crippen LogP contribution is -2.42. The van der Waals surface area contributed by atoms with Crippen molar-refractivity contribution in [2.24, 2.45) is 5.41 Å². The lowest BCUT2D eigenvalue weighted by atomic mass is 9.71. The summed E-state index contributed by atoms with van der Waals surface area (Å²) in [6.45, 7) is 7.08. The highest BCUT2D eigenvalue weighted by molar-refractivity contribution is 5.35. The first-order chi connectivity index (χ1) is 8.39. The number of hydrogen-bond donors (Lipinski definition) is 2. The predicted molar refractivity (Wildman–Crippen MR) is 72.5 cm³/mol. The highest BCUT2D eigenvalue weighted by Crippen LogP contribution is 2.40. The maximum Gasteiger partial charge on any atom is 0.149 e. The van der Waals surface area contributed by atoms with Crippen LogP contribution in [0, 0.1) is 12.3 Å². The maximum absolute atomic E-state index is 10.5. The van der Waals surface area contributed by atoms with Gasteiger partial charge in [-0.3, -0.25) is 0 Å². The summed E-state index contributed by atoms with van der Waals surface area (Å²) in [5.41, 5.74) is 0.848. The van der Waals surface area contributed by atoms with Crippen LogP contribution in [0.5, 0.6) is 0 Å². The third-order valence-electron chi connectivity index (χ3n) is 3.92. The Kier molecular flexibility index (Phi) is 3.57. The van der Waals surface area contributed by atoms with Crippen molar-refractivity contribution < 1.29 is 5.11 Å². The summed E-state index contributed by atoms with van der Waals surface area (Å²) in [6, 6.07) is 1.95. The van der Waals surface area contributed by atoms with Crippen LogP contribution in [-0.4, -0.2) is 27.4 Å². The van der Waals surface area contributed by atoms with Gasteiger partial charge in [0.15, 0.2) is 0 Å². The Hall–Kier alpha value is -1.16. The van der Waals surface area contributed by atoms with Crippen molar-refractivity contribution >= 4 is 5.82 Å². The molecule has 2 rings (SSSR count). The number of aryl methyl sites for hydroxylation is 1. The molecule has 0 saturated heterocycles. The molecule has 1 heterocycles. The van der Waals surface area contributed by atoms with E-state index >= 15 is 0 Å². The van der Waals surface area contributed by atoms with Crippen LogP contribution >= 0.6 is 0 Å². The van der Waals surface area contributed by atoms with Crippen LogP contribution in [0.1, 0.15) is 45.1 Å². The Balaban J connectivity index is 1.90. The van der Waals surface area contributed by atoms with Crippen LogP contribution in [0.4, 0.5) is 5.82 Å². The molecular weight excluding hydrogens is 226 g/mol. The standard InChI is InChI=1S/C14H23N3O/c1-11-8-12(17-16-9-11)15-10-14(18)6-4-13(2,3)5-7-14/h8-9,18H,4-7,10H2,1-3H3,(H,15,17). The molecule has 0 unspecified atom stereocenters. The molecule has 1 aliphatic rings. The fourth-order valence-corrected chi connectivity index (χ4v) is 2.37. The number of nitrogens with zero attached hydrogens (tertiary/aromatic N) is 2. The Morgan fingerprint density at radius 3 is 2.56 bits per heavy atom. The number of aromatic nitrogens is 2. The lowest BCUT2D eigenvalue weighted by molar-refractivity contribution is -0.0146. The van der Waals surface area contributed by atoms with Crippen LogP contribution in [0.15, 0.2) is 12.3 Å². The number of nitrogens with one attached hydrogen (secondary N) is 1. The van der Waals surface area contributed by atoms with Gasteiger partial charge in [-0.05, 0) is 49.7 Å². The second-order valence-corrected chi connectivity index (χ2v) is 6.36. The average Bonchev–Trinajstić information content (AvgIpc) is 2.32. The second-order valence-electron chi connectivity index (χ2n) is 6.36. The van der Waals surface area contributed by atoms with Gasteiger partial charge in [0.05, 0.1) is 11.8 Å². The van der Waals surface area contributed by atoms with Crippen LogP contribution in [0.2, 0.25) is 0 Å². The van der Waals surface area contributed by atoms with Crippen molar-refractivity contribution in [2.75, 3.05) is 11.9 Å². The molecule has 2 N–H and O–H groups in total. The number of hydrogen-bond acceptors (Lipinski definition) is 4. The molecule has 1 aliphatic carbocycles. The molecule has 4 heteroatoms. The van der Waals surface area contributed by atoms with Gasteiger partial charge < -0.3 is 10.4 Å². The SMILES string of the molecule is Cc1cnnc(NCC2(O)CCC(C)(C)CC2)c1. The van der Waals surface area contributed by atoms with E-state index in [0.29, 0.717) is 12.0 Å². The van der Waals surface area contributed by atoms with Gasteiger partial charge in [-0.25, -0.2) is 0 Å². The monoisotopic (exact) mass is 249 g/mol. The largest absolute Gasteiger partial charge is 0.388 e. The lowest BCUT2D eigenvalue weighted by Gasteiger charge is -2.40. The van der Waals surface area contributed by atoms with Crippen LogP contribution < -0.4 is 5.32 Å². The van der Waals surface area contributed by atoms with E-state index in [1.165, 1.54) is 0 Å². The summed E-state index contributed by atoms with van der Waals surface area (Å²) in [6.07, 6.45) is 5.58. The van der Waals surface area contributed by atoms with Crippen molar-refractivity contribution in [3.05, 3.63) is 17.8 Å². The summed E-state index contributed by atoms with van der Waals surface area (Å²) in [4.78, 5) is 0. The van der Waals surface area contributed by atoms with E-state index in [0.717, 1.165) is 37.1 Å². The minimum Gasteiger partial charge on any atom is -0.388 e. The van der Waals surface area contributed by atoms with Gasteiger partial charge >= 0.3 is 0 Å². The molecule has 100 valence electrons. The van der Waals surface area contributed by atoms with Crippen molar-refractivity contribution in [2.45, 2.75) is 52.1 Å². The smallest absolute Gasteiger partial charge is 0.149 e. The Morgan fingerprint density at radius 2 is 1.94 bits per heavy atom. The number of rotatable bonds is 3. The Labute approximate surface area is 109 Å². The van der Waals surface area contributed by atoms with Gasteiger partial charge in [-0.2, -0.15) is 5.10 Å². The summed E-state index contributed by atoms with van der Waals surface area (Å²) < 4.78 is 0. The first kappa shape index (κ1) is 13.3. The van der Waals surface area contributed by atoms with E-state index < -0.39 is 5.60 Å². The van der Waals surface area contributed by atoms with E-state index in [9.17, 15) is 5.11 Å². The third kappa shape index (κ3) is 3.42. The fourth-order valence-electron chi connectivity index (χ4n) is 2.37. The third-order valence-corrected chi connectivity index (χ3v) is 3.92. The molecule has 0 bridgehead atoms. The summed E-state index contributed by atoms with van der Waals surface area (Å²) >= 11 is 0. The summed E-state index contributed by atoms with van der Waals surface area (Å²) in [5, 5.41) is 21.6. The predicted octanol–water partition coefficient (Wildman–Crippen LogP) is 2.53. The molecule has 4 nitrogen and oxygen atoms in total. The molecular formula is C14H23N3O. The molecule has 1 saturated carbocycles. The number of anilines is 1. The van der Waals surface area contributed by atoms with Gasteiger partial charge in [0, 0.05) is 6.54 Å². The molecule has 1 aromatic heterocycles. The van der Waals surface area contributed by atoms with E-state index in [1.54, 1.807) is 6.20 Å². The van der Waals surface area contributed by atoms with Crippen molar-refractivity contribution in [3.63, 3.8) is 0 Å². The van der Waals surface area contributed by atoms with E-state index in [1.807, 2.05) is 13.0 Å². The van der Waals surface area contributed by atoms with Gasteiger partial charge in [0.1, 0.15) is 5.82 Å². The fraction of sp³-hybridized carbons (Fsp3) is 0.714. The van der Waals surface area contributed by atoms with Crippen molar-refractivity contribution in [1.82, 2.24) is 10.2 Å². The maximum atomic E-state index is 10.5.